The SMILES string of the molecule is COC(=O)[C@@H](C)[C@@H]1CC[C@H](CCO)O1. The van der Waals surface area contributed by atoms with Crippen LogP contribution in [-0.2, 0) is 14.3 Å². The maximum absolute atomic E-state index is 11.2. The van der Waals surface area contributed by atoms with E-state index in [9.17, 15) is 4.79 Å². The second-order valence-electron chi connectivity index (χ2n) is 3.70. The van der Waals surface area contributed by atoms with E-state index in [-0.39, 0.29) is 30.7 Å². The minimum Gasteiger partial charge on any atom is -0.469 e. The van der Waals surface area contributed by atoms with Gasteiger partial charge < -0.3 is 14.6 Å². The van der Waals surface area contributed by atoms with E-state index in [1.165, 1.54) is 7.11 Å². The fraction of sp³-hybridized carbons (Fsp3) is 0.900. The zero-order valence-corrected chi connectivity index (χ0v) is 8.73. The van der Waals surface area contributed by atoms with Gasteiger partial charge in [-0.3, -0.25) is 4.79 Å². The Balaban J connectivity index is 2.37. The number of esters is 1. The van der Waals surface area contributed by atoms with E-state index in [1.54, 1.807) is 0 Å². The first-order chi connectivity index (χ1) is 6.69. The Morgan fingerprint density at radius 1 is 1.64 bits per heavy atom. The molecule has 0 amide bonds. The van der Waals surface area contributed by atoms with Crippen LogP contribution < -0.4 is 0 Å². The van der Waals surface area contributed by atoms with Crippen LogP contribution >= 0.6 is 0 Å². The van der Waals surface area contributed by atoms with Gasteiger partial charge in [-0.1, -0.05) is 0 Å². The molecule has 3 atom stereocenters. The van der Waals surface area contributed by atoms with Gasteiger partial charge in [0.05, 0.1) is 25.2 Å². The summed E-state index contributed by atoms with van der Waals surface area (Å²) in [6, 6.07) is 0. The Hall–Kier alpha value is -0.610. The van der Waals surface area contributed by atoms with E-state index in [0.29, 0.717) is 6.42 Å². The van der Waals surface area contributed by atoms with E-state index in [0.717, 1.165) is 12.8 Å². The molecule has 4 heteroatoms. The van der Waals surface area contributed by atoms with Crippen LogP contribution in [-0.4, -0.2) is 37.0 Å². The Bertz CT molecular complexity index is 193. The van der Waals surface area contributed by atoms with Crippen molar-refractivity contribution in [2.24, 2.45) is 5.92 Å². The van der Waals surface area contributed by atoms with Gasteiger partial charge in [0, 0.05) is 6.61 Å². The molecule has 1 fully saturated rings. The summed E-state index contributed by atoms with van der Waals surface area (Å²) in [6.07, 6.45) is 2.52. The van der Waals surface area contributed by atoms with Crippen molar-refractivity contribution in [3.63, 3.8) is 0 Å². The smallest absolute Gasteiger partial charge is 0.311 e. The first kappa shape index (κ1) is 11.5. The van der Waals surface area contributed by atoms with Crippen LogP contribution in [0.5, 0.6) is 0 Å². The molecule has 0 saturated carbocycles. The molecule has 0 bridgehead atoms. The van der Waals surface area contributed by atoms with Crippen molar-refractivity contribution in [2.75, 3.05) is 13.7 Å². The molecule has 1 N–H and O–H groups in total. The summed E-state index contributed by atoms with van der Waals surface area (Å²) >= 11 is 0. The van der Waals surface area contributed by atoms with Crippen LogP contribution in [0.4, 0.5) is 0 Å². The number of methoxy groups -OCH3 is 1. The lowest BCUT2D eigenvalue weighted by Gasteiger charge is -2.17. The lowest BCUT2D eigenvalue weighted by molar-refractivity contribution is -0.149. The van der Waals surface area contributed by atoms with Crippen molar-refractivity contribution in [3.05, 3.63) is 0 Å². The van der Waals surface area contributed by atoms with Crippen molar-refractivity contribution in [2.45, 2.75) is 38.4 Å². The molecule has 1 heterocycles. The van der Waals surface area contributed by atoms with Crippen LogP contribution in [0.2, 0.25) is 0 Å². The normalized spacial score (nSPS) is 28.8. The van der Waals surface area contributed by atoms with Gasteiger partial charge in [-0.25, -0.2) is 0 Å². The van der Waals surface area contributed by atoms with Gasteiger partial charge in [0.15, 0.2) is 0 Å². The van der Waals surface area contributed by atoms with Gasteiger partial charge in [0.1, 0.15) is 0 Å². The highest BCUT2D eigenvalue weighted by Crippen LogP contribution is 2.27. The third-order valence-corrected chi connectivity index (χ3v) is 2.72. The number of rotatable bonds is 4. The summed E-state index contributed by atoms with van der Waals surface area (Å²) in [5.41, 5.74) is 0. The quantitative estimate of drug-likeness (QED) is 0.683. The molecule has 0 aromatic carbocycles. The van der Waals surface area contributed by atoms with Crippen LogP contribution in [0.1, 0.15) is 26.2 Å². The summed E-state index contributed by atoms with van der Waals surface area (Å²) < 4.78 is 10.3. The van der Waals surface area contributed by atoms with Gasteiger partial charge in [0.25, 0.3) is 0 Å². The lowest BCUT2D eigenvalue weighted by Crippen LogP contribution is -2.27. The van der Waals surface area contributed by atoms with Crippen LogP contribution in [0.15, 0.2) is 0 Å². The second kappa shape index (κ2) is 5.32. The van der Waals surface area contributed by atoms with Crippen molar-refractivity contribution in [1.29, 1.82) is 0 Å². The van der Waals surface area contributed by atoms with Crippen molar-refractivity contribution in [1.82, 2.24) is 0 Å². The summed E-state index contributed by atoms with van der Waals surface area (Å²) in [7, 11) is 1.39. The van der Waals surface area contributed by atoms with E-state index in [4.69, 9.17) is 9.84 Å². The Kier molecular flexibility index (Phi) is 4.35. The number of aliphatic hydroxyl groups is 1. The fourth-order valence-corrected chi connectivity index (χ4v) is 1.80. The maximum Gasteiger partial charge on any atom is 0.311 e. The number of carbonyl (C=O) groups is 1. The Labute approximate surface area is 84.2 Å². The monoisotopic (exact) mass is 202 g/mol. The highest BCUT2D eigenvalue weighted by atomic mass is 16.5. The topological polar surface area (TPSA) is 55.8 Å². The number of aliphatic hydroxyl groups excluding tert-OH is 1. The lowest BCUT2D eigenvalue weighted by atomic mass is 10.0. The molecule has 14 heavy (non-hydrogen) atoms. The van der Waals surface area contributed by atoms with Crippen LogP contribution in [0.3, 0.4) is 0 Å². The molecule has 1 aliphatic heterocycles. The number of carbonyl (C=O) groups excluding carboxylic acids is 1. The molecule has 0 aromatic heterocycles. The molecule has 0 aromatic rings. The predicted molar refractivity (Wildman–Crippen MR) is 50.8 cm³/mol. The molecule has 82 valence electrons. The fourth-order valence-electron chi connectivity index (χ4n) is 1.80. The Morgan fingerprint density at radius 2 is 2.36 bits per heavy atom. The average Bonchev–Trinajstić information content (AvgIpc) is 2.64. The van der Waals surface area contributed by atoms with E-state index in [1.807, 2.05) is 6.92 Å². The van der Waals surface area contributed by atoms with Gasteiger partial charge >= 0.3 is 5.97 Å². The third-order valence-electron chi connectivity index (χ3n) is 2.72. The van der Waals surface area contributed by atoms with Gasteiger partial charge in [-0.15, -0.1) is 0 Å². The molecular formula is C10H18O4. The van der Waals surface area contributed by atoms with Gasteiger partial charge in [-0.05, 0) is 26.2 Å². The number of hydrogen-bond acceptors (Lipinski definition) is 4. The summed E-state index contributed by atoms with van der Waals surface area (Å²) in [6.45, 7) is 1.96. The average molecular weight is 202 g/mol. The third kappa shape index (κ3) is 2.69. The summed E-state index contributed by atoms with van der Waals surface area (Å²) in [5, 5.41) is 8.74. The zero-order chi connectivity index (χ0) is 10.6. The highest BCUT2D eigenvalue weighted by Gasteiger charge is 2.32. The van der Waals surface area contributed by atoms with Gasteiger partial charge in [0.2, 0.25) is 0 Å². The summed E-state index contributed by atoms with van der Waals surface area (Å²) in [4.78, 5) is 11.2. The number of hydrogen-bond donors (Lipinski definition) is 1. The molecular weight excluding hydrogens is 184 g/mol. The molecule has 0 radical (unpaired) electrons. The molecule has 1 rings (SSSR count). The van der Waals surface area contributed by atoms with Gasteiger partial charge in [-0.2, -0.15) is 0 Å². The Morgan fingerprint density at radius 3 is 2.93 bits per heavy atom. The first-order valence-electron chi connectivity index (χ1n) is 5.03. The first-order valence-corrected chi connectivity index (χ1v) is 5.03. The van der Waals surface area contributed by atoms with Crippen LogP contribution in [0.25, 0.3) is 0 Å². The van der Waals surface area contributed by atoms with E-state index >= 15 is 0 Å². The minimum absolute atomic E-state index is 0.0426. The molecule has 1 saturated heterocycles. The van der Waals surface area contributed by atoms with Crippen molar-refractivity contribution < 1.29 is 19.4 Å². The zero-order valence-electron chi connectivity index (χ0n) is 8.73. The molecule has 1 aliphatic rings. The predicted octanol–water partition coefficient (Wildman–Crippen LogP) is 0.725. The maximum atomic E-state index is 11.2. The van der Waals surface area contributed by atoms with E-state index < -0.39 is 0 Å². The second-order valence-corrected chi connectivity index (χ2v) is 3.70. The highest BCUT2D eigenvalue weighted by molar-refractivity contribution is 5.72. The minimum atomic E-state index is -0.223. The standard InChI is InChI=1S/C10H18O4/c1-7(10(12)13-2)9-4-3-8(14-9)5-6-11/h7-9,11H,3-6H2,1-2H3/t7-,8+,9-/m0/s1. The summed E-state index contributed by atoms with van der Waals surface area (Å²) in [5.74, 6) is -0.427. The molecule has 0 spiro atoms. The molecule has 4 nitrogen and oxygen atoms in total. The van der Waals surface area contributed by atoms with E-state index in [2.05, 4.69) is 4.74 Å². The van der Waals surface area contributed by atoms with Crippen molar-refractivity contribution >= 4 is 5.97 Å². The van der Waals surface area contributed by atoms with Crippen molar-refractivity contribution in [3.8, 4) is 0 Å². The molecule has 0 aliphatic carbocycles. The molecule has 0 unspecified atom stereocenters. The number of ether oxygens (including phenoxy) is 2. The largest absolute Gasteiger partial charge is 0.469 e. The van der Waals surface area contributed by atoms with Crippen LogP contribution in [0, 0.1) is 5.92 Å².